The largest absolute Gasteiger partial charge is 0.443 e. The van der Waals surface area contributed by atoms with Crippen LogP contribution in [0.2, 0.25) is 0 Å². The van der Waals surface area contributed by atoms with Gasteiger partial charge in [0.25, 0.3) is 0 Å². The molecule has 1 amide bonds. The van der Waals surface area contributed by atoms with Crippen molar-refractivity contribution in [3.63, 3.8) is 0 Å². The Morgan fingerprint density at radius 2 is 1.93 bits per heavy atom. The van der Waals surface area contributed by atoms with Gasteiger partial charge in [-0.15, -0.1) is 0 Å². The fourth-order valence-corrected chi connectivity index (χ4v) is 4.53. The lowest BCUT2D eigenvalue weighted by molar-refractivity contribution is 0.0564. The molecule has 5 nitrogen and oxygen atoms in total. The first kappa shape index (κ1) is 21.1. The third kappa shape index (κ3) is 5.25. The molecule has 2 heterocycles. The van der Waals surface area contributed by atoms with Gasteiger partial charge in [0, 0.05) is 24.8 Å². The number of amides is 1. The lowest BCUT2D eigenvalue weighted by Gasteiger charge is -2.31. The predicted molar refractivity (Wildman–Crippen MR) is 114 cm³/mol. The van der Waals surface area contributed by atoms with Crippen molar-refractivity contribution in [3.8, 4) is 0 Å². The molecule has 1 aromatic heterocycles. The van der Waals surface area contributed by atoms with Gasteiger partial charge in [-0.1, -0.05) is 32.8 Å². The minimum atomic E-state index is -0.505. The van der Waals surface area contributed by atoms with Gasteiger partial charge in [-0.25, -0.2) is 9.78 Å². The Morgan fingerprint density at radius 3 is 2.50 bits per heavy atom. The monoisotopic (exact) mass is 387 g/mol. The molecule has 0 unspecified atom stereocenters. The van der Waals surface area contributed by atoms with Crippen molar-refractivity contribution in [3.05, 3.63) is 23.9 Å². The molecule has 1 saturated carbocycles. The van der Waals surface area contributed by atoms with E-state index in [9.17, 15) is 4.79 Å². The maximum absolute atomic E-state index is 12.9. The average Bonchev–Trinajstić information content (AvgIpc) is 3.26. The summed E-state index contributed by atoms with van der Waals surface area (Å²) in [6, 6.07) is 4.82. The summed E-state index contributed by atoms with van der Waals surface area (Å²) in [6.45, 7) is 12.6. The van der Waals surface area contributed by atoms with E-state index in [0.29, 0.717) is 12.0 Å². The third-order valence-electron chi connectivity index (χ3n) is 5.65. The molecule has 2 fully saturated rings. The number of nitrogens with zero attached hydrogens (tertiary/aromatic N) is 3. The van der Waals surface area contributed by atoms with E-state index in [1.54, 1.807) is 4.90 Å². The van der Waals surface area contributed by atoms with E-state index in [2.05, 4.69) is 24.8 Å². The molecule has 0 radical (unpaired) electrons. The lowest BCUT2D eigenvalue weighted by Crippen LogP contribution is -2.43. The van der Waals surface area contributed by atoms with E-state index in [4.69, 9.17) is 9.72 Å². The predicted octanol–water partition coefficient (Wildman–Crippen LogP) is 5.56. The van der Waals surface area contributed by atoms with Crippen LogP contribution < -0.4 is 4.90 Å². The van der Waals surface area contributed by atoms with Gasteiger partial charge in [0.05, 0.1) is 0 Å². The topological polar surface area (TPSA) is 45.7 Å². The standard InChI is InChI=1S/C23H37N3O2/c1-17(2)16-25-14-8-11-20(25)18-12-13-21(24-15-18)26(19-9-6-7-10-19)22(27)28-23(3,4)5/h12-13,15,17,19-20H,6-11,14,16H2,1-5H3/t20-/m0/s1. The first-order valence-corrected chi connectivity index (χ1v) is 11.0. The second-order valence-corrected chi connectivity index (χ2v) is 9.79. The minimum absolute atomic E-state index is 0.192. The molecule has 2 aliphatic rings. The Morgan fingerprint density at radius 1 is 1.21 bits per heavy atom. The molecule has 156 valence electrons. The van der Waals surface area contributed by atoms with E-state index < -0.39 is 5.60 Å². The number of aromatic nitrogens is 1. The van der Waals surface area contributed by atoms with Crippen LogP contribution in [0.15, 0.2) is 18.3 Å². The van der Waals surface area contributed by atoms with Crippen LogP contribution in [0, 0.1) is 5.92 Å². The second kappa shape index (κ2) is 8.81. The summed E-state index contributed by atoms with van der Waals surface area (Å²) in [5.41, 5.74) is 0.757. The van der Waals surface area contributed by atoms with E-state index in [0.717, 1.165) is 44.6 Å². The molecule has 1 aliphatic heterocycles. The molecule has 1 aromatic rings. The van der Waals surface area contributed by atoms with Crippen LogP contribution in [0.4, 0.5) is 10.6 Å². The molecule has 0 spiro atoms. The van der Waals surface area contributed by atoms with Crippen molar-refractivity contribution in [1.82, 2.24) is 9.88 Å². The number of likely N-dealkylation sites (tertiary alicyclic amines) is 1. The number of anilines is 1. The average molecular weight is 388 g/mol. The summed E-state index contributed by atoms with van der Waals surface area (Å²) < 4.78 is 5.70. The highest BCUT2D eigenvalue weighted by Crippen LogP contribution is 2.34. The third-order valence-corrected chi connectivity index (χ3v) is 5.65. The van der Waals surface area contributed by atoms with Crippen LogP contribution in [0.5, 0.6) is 0 Å². The normalized spacial score (nSPS) is 21.4. The number of hydrogen-bond donors (Lipinski definition) is 0. The quantitative estimate of drug-likeness (QED) is 0.664. The van der Waals surface area contributed by atoms with Crippen molar-refractivity contribution in [2.75, 3.05) is 18.0 Å². The molecule has 1 aliphatic carbocycles. The van der Waals surface area contributed by atoms with Crippen LogP contribution in [0.25, 0.3) is 0 Å². The summed E-state index contributed by atoms with van der Waals surface area (Å²) in [7, 11) is 0. The Labute approximate surface area is 170 Å². The Hall–Kier alpha value is -1.62. The van der Waals surface area contributed by atoms with Crippen LogP contribution in [-0.4, -0.2) is 40.7 Å². The molecule has 0 N–H and O–H groups in total. The summed E-state index contributed by atoms with van der Waals surface area (Å²) in [4.78, 5) is 22.0. The van der Waals surface area contributed by atoms with Crippen molar-refractivity contribution in [2.24, 2.45) is 5.92 Å². The van der Waals surface area contributed by atoms with Gasteiger partial charge >= 0.3 is 6.09 Å². The molecule has 1 atom stereocenters. The Bertz CT molecular complexity index is 645. The number of hydrogen-bond acceptors (Lipinski definition) is 4. The van der Waals surface area contributed by atoms with Crippen LogP contribution in [0.3, 0.4) is 0 Å². The van der Waals surface area contributed by atoms with Gasteiger partial charge < -0.3 is 4.74 Å². The SMILES string of the molecule is CC(C)CN1CCC[C@H]1c1ccc(N(C(=O)OC(C)(C)C)C2CCCC2)nc1. The van der Waals surface area contributed by atoms with Crippen LogP contribution in [0.1, 0.15) is 84.7 Å². The van der Waals surface area contributed by atoms with Gasteiger partial charge in [-0.05, 0) is 70.5 Å². The highest BCUT2D eigenvalue weighted by Gasteiger charge is 2.33. The Kier molecular flexibility index (Phi) is 6.64. The molecular weight excluding hydrogens is 350 g/mol. The van der Waals surface area contributed by atoms with Crippen LogP contribution >= 0.6 is 0 Å². The van der Waals surface area contributed by atoms with Crippen molar-refractivity contribution in [2.45, 2.75) is 90.8 Å². The van der Waals surface area contributed by atoms with Gasteiger partial charge in [-0.2, -0.15) is 0 Å². The van der Waals surface area contributed by atoms with Gasteiger partial charge in [0.1, 0.15) is 11.4 Å². The molecule has 3 rings (SSSR count). The lowest BCUT2D eigenvalue weighted by atomic mass is 10.1. The first-order chi connectivity index (χ1) is 13.2. The van der Waals surface area contributed by atoms with E-state index in [-0.39, 0.29) is 12.1 Å². The Balaban J connectivity index is 1.79. The summed E-state index contributed by atoms with van der Waals surface area (Å²) in [5.74, 6) is 1.39. The summed E-state index contributed by atoms with van der Waals surface area (Å²) >= 11 is 0. The summed E-state index contributed by atoms with van der Waals surface area (Å²) in [5, 5.41) is 0. The van der Waals surface area contributed by atoms with Crippen molar-refractivity contribution in [1.29, 1.82) is 0 Å². The zero-order chi connectivity index (χ0) is 20.3. The number of ether oxygens (including phenoxy) is 1. The highest BCUT2D eigenvalue weighted by atomic mass is 16.6. The minimum Gasteiger partial charge on any atom is -0.443 e. The number of rotatable bonds is 5. The molecule has 0 aromatic carbocycles. The van der Waals surface area contributed by atoms with Crippen molar-refractivity contribution < 1.29 is 9.53 Å². The van der Waals surface area contributed by atoms with Crippen molar-refractivity contribution >= 4 is 11.9 Å². The maximum atomic E-state index is 12.9. The highest BCUT2D eigenvalue weighted by molar-refractivity contribution is 5.87. The van der Waals surface area contributed by atoms with E-state index in [1.165, 1.54) is 18.4 Å². The maximum Gasteiger partial charge on any atom is 0.416 e. The summed E-state index contributed by atoms with van der Waals surface area (Å²) in [6.07, 6.45) is 8.49. The first-order valence-electron chi connectivity index (χ1n) is 11.0. The zero-order valence-electron chi connectivity index (χ0n) is 18.3. The number of pyridine rings is 1. The molecule has 1 saturated heterocycles. The number of carbonyl (C=O) groups is 1. The van der Waals surface area contributed by atoms with Crippen LogP contribution in [-0.2, 0) is 4.74 Å². The number of carbonyl (C=O) groups excluding carboxylic acids is 1. The van der Waals surface area contributed by atoms with E-state index in [1.807, 2.05) is 33.0 Å². The molecule has 0 bridgehead atoms. The molecule has 28 heavy (non-hydrogen) atoms. The second-order valence-electron chi connectivity index (χ2n) is 9.79. The van der Waals surface area contributed by atoms with Gasteiger partial charge in [-0.3, -0.25) is 9.80 Å². The van der Waals surface area contributed by atoms with E-state index >= 15 is 0 Å². The molecular formula is C23H37N3O2. The van der Waals surface area contributed by atoms with Gasteiger partial charge in [0.2, 0.25) is 0 Å². The fraction of sp³-hybridized carbons (Fsp3) is 0.739. The zero-order valence-corrected chi connectivity index (χ0v) is 18.3. The smallest absolute Gasteiger partial charge is 0.416 e. The fourth-order valence-electron chi connectivity index (χ4n) is 4.53. The molecule has 5 heteroatoms. The van der Waals surface area contributed by atoms with Gasteiger partial charge in [0.15, 0.2) is 0 Å².